The molecule has 80 valence electrons. The Morgan fingerprint density at radius 2 is 2.00 bits per heavy atom. The van der Waals surface area contributed by atoms with E-state index >= 15 is 0 Å². The fraction of sp³-hybridized carbons (Fsp3) is 0.154. The second-order valence-electron chi connectivity index (χ2n) is 4.23. The quantitative estimate of drug-likeness (QED) is 0.562. The number of hydrogen-bond acceptors (Lipinski definition) is 2. The molecule has 0 fully saturated rings. The highest BCUT2D eigenvalue weighted by Gasteiger charge is 2.08. The van der Waals surface area contributed by atoms with Gasteiger partial charge in [-0.25, -0.2) is 4.98 Å². The molecule has 0 aliphatic carbocycles. The molecule has 0 unspecified atom stereocenters. The van der Waals surface area contributed by atoms with Crippen molar-refractivity contribution in [2.75, 3.05) is 5.73 Å². The number of aromatic nitrogens is 2. The summed E-state index contributed by atoms with van der Waals surface area (Å²) in [6.07, 6.45) is 1.82. The molecular formula is C13H13N3. The zero-order chi connectivity index (χ0) is 11.3. The number of nitrogen functional groups attached to an aromatic ring is 1. The Balaban J connectivity index is 2.58. The van der Waals surface area contributed by atoms with E-state index in [1.807, 2.05) is 25.3 Å². The highest BCUT2D eigenvalue weighted by Crippen LogP contribution is 2.29. The first kappa shape index (κ1) is 9.21. The topological polar surface area (TPSA) is 54.7 Å². The number of aromatic amines is 1. The van der Waals surface area contributed by atoms with Gasteiger partial charge in [-0.1, -0.05) is 0 Å². The summed E-state index contributed by atoms with van der Waals surface area (Å²) in [5.41, 5.74) is 11.1. The normalized spacial score (nSPS) is 11.4. The van der Waals surface area contributed by atoms with Crippen LogP contribution >= 0.6 is 0 Å². The first-order chi connectivity index (χ1) is 7.66. The van der Waals surface area contributed by atoms with E-state index in [0.29, 0.717) is 0 Å². The zero-order valence-corrected chi connectivity index (χ0v) is 9.33. The van der Waals surface area contributed by atoms with E-state index in [1.54, 1.807) is 0 Å². The molecule has 1 aromatic carbocycles. The molecule has 2 aromatic heterocycles. The van der Waals surface area contributed by atoms with E-state index < -0.39 is 0 Å². The van der Waals surface area contributed by atoms with Gasteiger partial charge in [0.1, 0.15) is 5.65 Å². The number of anilines is 1. The van der Waals surface area contributed by atoms with Crippen LogP contribution in [-0.4, -0.2) is 9.97 Å². The number of benzene rings is 1. The SMILES string of the molecule is Cc1cc2[nH]c3nccc(C)c3c2cc1N. The van der Waals surface area contributed by atoms with Crippen molar-refractivity contribution in [1.29, 1.82) is 0 Å². The van der Waals surface area contributed by atoms with Gasteiger partial charge in [0.15, 0.2) is 0 Å². The van der Waals surface area contributed by atoms with Crippen molar-refractivity contribution < 1.29 is 0 Å². The van der Waals surface area contributed by atoms with E-state index in [4.69, 9.17) is 5.73 Å². The van der Waals surface area contributed by atoms with E-state index in [1.165, 1.54) is 10.9 Å². The summed E-state index contributed by atoms with van der Waals surface area (Å²) in [4.78, 5) is 7.66. The van der Waals surface area contributed by atoms with Gasteiger partial charge >= 0.3 is 0 Å². The molecule has 2 heterocycles. The van der Waals surface area contributed by atoms with Gasteiger partial charge < -0.3 is 10.7 Å². The Labute approximate surface area is 93.3 Å². The summed E-state index contributed by atoms with van der Waals surface area (Å²) < 4.78 is 0. The van der Waals surface area contributed by atoms with Crippen molar-refractivity contribution in [2.24, 2.45) is 0 Å². The predicted octanol–water partition coefficient (Wildman–Crippen LogP) is 2.92. The predicted molar refractivity (Wildman–Crippen MR) is 67.5 cm³/mol. The van der Waals surface area contributed by atoms with Gasteiger partial charge in [-0.15, -0.1) is 0 Å². The highest BCUT2D eigenvalue weighted by molar-refractivity contribution is 6.08. The molecule has 3 aromatic rings. The van der Waals surface area contributed by atoms with Crippen LogP contribution in [0.25, 0.3) is 21.9 Å². The summed E-state index contributed by atoms with van der Waals surface area (Å²) >= 11 is 0. The molecule has 0 saturated heterocycles. The molecule has 0 amide bonds. The fourth-order valence-corrected chi connectivity index (χ4v) is 2.16. The Morgan fingerprint density at radius 3 is 2.81 bits per heavy atom. The number of rotatable bonds is 0. The molecule has 16 heavy (non-hydrogen) atoms. The third-order valence-corrected chi connectivity index (χ3v) is 3.09. The molecule has 0 atom stereocenters. The number of nitrogens with zero attached hydrogens (tertiary/aromatic N) is 1. The molecule has 3 N–H and O–H groups in total. The monoisotopic (exact) mass is 211 g/mol. The minimum atomic E-state index is 0.830. The number of hydrogen-bond donors (Lipinski definition) is 2. The molecule has 0 aliphatic heterocycles. The minimum absolute atomic E-state index is 0.830. The maximum atomic E-state index is 5.95. The van der Waals surface area contributed by atoms with E-state index in [2.05, 4.69) is 23.0 Å². The van der Waals surface area contributed by atoms with E-state index in [-0.39, 0.29) is 0 Å². The first-order valence-corrected chi connectivity index (χ1v) is 5.30. The standard InChI is InChI=1S/C13H13N3/c1-7-3-4-15-13-12(7)9-6-10(14)8(2)5-11(9)16-13/h3-6H,14H2,1-2H3,(H,15,16). The van der Waals surface area contributed by atoms with Gasteiger partial charge in [-0.05, 0) is 43.2 Å². The van der Waals surface area contributed by atoms with Gasteiger partial charge in [-0.2, -0.15) is 0 Å². The Morgan fingerprint density at radius 1 is 1.19 bits per heavy atom. The number of pyridine rings is 1. The molecule has 0 aliphatic rings. The van der Waals surface area contributed by atoms with Crippen LogP contribution < -0.4 is 5.73 Å². The number of fused-ring (bicyclic) bond motifs is 3. The molecule has 3 nitrogen and oxygen atoms in total. The summed E-state index contributed by atoms with van der Waals surface area (Å²) in [6.45, 7) is 4.11. The van der Waals surface area contributed by atoms with Gasteiger partial charge in [0.25, 0.3) is 0 Å². The lowest BCUT2D eigenvalue weighted by atomic mass is 10.1. The molecule has 0 bridgehead atoms. The maximum absolute atomic E-state index is 5.95. The van der Waals surface area contributed by atoms with Crippen LogP contribution in [0.1, 0.15) is 11.1 Å². The lowest BCUT2D eigenvalue weighted by Gasteiger charge is -2.00. The largest absolute Gasteiger partial charge is 0.398 e. The number of aryl methyl sites for hydroxylation is 2. The first-order valence-electron chi connectivity index (χ1n) is 5.30. The van der Waals surface area contributed by atoms with Crippen LogP contribution in [0.5, 0.6) is 0 Å². The number of nitrogens with two attached hydrogens (primary N) is 1. The average molecular weight is 211 g/mol. The third kappa shape index (κ3) is 1.11. The van der Waals surface area contributed by atoms with Gasteiger partial charge in [-0.3, -0.25) is 0 Å². The summed E-state index contributed by atoms with van der Waals surface area (Å²) in [6, 6.07) is 6.12. The second-order valence-corrected chi connectivity index (χ2v) is 4.23. The van der Waals surface area contributed by atoms with Gasteiger partial charge in [0, 0.05) is 28.2 Å². The Kier molecular flexibility index (Phi) is 1.72. The van der Waals surface area contributed by atoms with Crippen LogP contribution in [0.4, 0.5) is 5.69 Å². The van der Waals surface area contributed by atoms with Crippen LogP contribution in [0, 0.1) is 13.8 Å². The van der Waals surface area contributed by atoms with Crippen LogP contribution in [0.15, 0.2) is 24.4 Å². The van der Waals surface area contributed by atoms with Crippen molar-refractivity contribution in [1.82, 2.24) is 9.97 Å². The van der Waals surface area contributed by atoms with Crippen molar-refractivity contribution in [3.8, 4) is 0 Å². The lowest BCUT2D eigenvalue weighted by molar-refractivity contribution is 1.32. The second kappa shape index (κ2) is 2.98. The molecule has 0 radical (unpaired) electrons. The smallest absolute Gasteiger partial charge is 0.138 e. The molecular weight excluding hydrogens is 198 g/mol. The van der Waals surface area contributed by atoms with Gasteiger partial charge in [0.05, 0.1) is 0 Å². The highest BCUT2D eigenvalue weighted by atomic mass is 14.8. The Hall–Kier alpha value is -2.03. The van der Waals surface area contributed by atoms with Gasteiger partial charge in [0.2, 0.25) is 0 Å². The molecule has 0 spiro atoms. The average Bonchev–Trinajstić information content (AvgIpc) is 2.58. The van der Waals surface area contributed by atoms with Crippen molar-refractivity contribution >= 4 is 27.6 Å². The van der Waals surface area contributed by atoms with E-state index in [9.17, 15) is 0 Å². The van der Waals surface area contributed by atoms with Crippen molar-refractivity contribution in [3.63, 3.8) is 0 Å². The van der Waals surface area contributed by atoms with Crippen molar-refractivity contribution in [2.45, 2.75) is 13.8 Å². The van der Waals surface area contributed by atoms with E-state index in [0.717, 1.165) is 27.8 Å². The third-order valence-electron chi connectivity index (χ3n) is 3.09. The summed E-state index contributed by atoms with van der Waals surface area (Å²) in [7, 11) is 0. The maximum Gasteiger partial charge on any atom is 0.138 e. The zero-order valence-electron chi connectivity index (χ0n) is 9.33. The van der Waals surface area contributed by atoms with Crippen LogP contribution in [0.2, 0.25) is 0 Å². The molecule has 3 heteroatoms. The lowest BCUT2D eigenvalue weighted by Crippen LogP contribution is -1.88. The fourth-order valence-electron chi connectivity index (χ4n) is 2.16. The number of nitrogens with one attached hydrogen (secondary N) is 1. The number of H-pyrrole nitrogens is 1. The molecule has 3 rings (SSSR count). The van der Waals surface area contributed by atoms with Crippen LogP contribution in [-0.2, 0) is 0 Å². The Bertz CT molecular complexity index is 695. The summed E-state index contributed by atoms with van der Waals surface area (Å²) in [5.74, 6) is 0. The van der Waals surface area contributed by atoms with Crippen LogP contribution in [0.3, 0.4) is 0 Å². The van der Waals surface area contributed by atoms with Crippen molar-refractivity contribution in [3.05, 3.63) is 35.5 Å². The molecule has 0 saturated carbocycles. The summed E-state index contributed by atoms with van der Waals surface area (Å²) in [5, 5.41) is 2.33. The minimum Gasteiger partial charge on any atom is -0.398 e.